The van der Waals surface area contributed by atoms with Crippen molar-refractivity contribution in [1.82, 2.24) is 9.97 Å². The first-order chi connectivity index (χ1) is 18.6. The van der Waals surface area contributed by atoms with Gasteiger partial charge in [0.2, 0.25) is 5.95 Å². The number of aromatic nitrogens is 2. The molecule has 0 aliphatic rings. The molecule has 3 aromatic rings. The molecule has 1 aromatic heterocycles. The molecule has 0 atom stereocenters. The van der Waals surface area contributed by atoms with Crippen LogP contribution in [-0.2, 0) is 36.5 Å². The van der Waals surface area contributed by atoms with E-state index >= 15 is 0 Å². The third kappa shape index (κ3) is 8.09. The maximum atomic E-state index is 13.8. The van der Waals surface area contributed by atoms with Crippen LogP contribution in [0.5, 0.6) is 5.75 Å². The molecule has 0 unspecified atom stereocenters. The first-order valence-electron chi connectivity index (χ1n) is 12.4. The van der Waals surface area contributed by atoms with Gasteiger partial charge in [0, 0.05) is 25.5 Å². The first kappa shape index (κ1) is 30.7. The first-order valence-corrected chi connectivity index (χ1v) is 12.4. The van der Waals surface area contributed by atoms with Crippen LogP contribution in [0.4, 0.5) is 32.3 Å². The minimum Gasteiger partial charge on any atom is -0.478 e. The van der Waals surface area contributed by atoms with E-state index in [9.17, 15) is 36.2 Å². The van der Waals surface area contributed by atoms with Gasteiger partial charge in [-0.15, -0.1) is 0 Å². The van der Waals surface area contributed by atoms with E-state index in [1.165, 1.54) is 18.7 Å². The number of nitrogens with zero attached hydrogens (tertiary/aromatic N) is 3. The van der Waals surface area contributed by atoms with E-state index in [0.717, 1.165) is 23.6 Å². The molecule has 0 fully saturated rings. The van der Waals surface area contributed by atoms with E-state index in [2.05, 4.69) is 9.97 Å². The van der Waals surface area contributed by atoms with Crippen molar-refractivity contribution in [3.8, 4) is 5.75 Å². The number of rotatable bonds is 11. The molecule has 0 amide bonds. The Morgan fingerprint density at radius 2 is 1.52 bits per heavy atom. The van der Waals surface area contributed by atoms with Gasteiger partial charge < -0.3 is 14.7 Å². The summed E-state index contributed by atoms with van der Waals surface area (Å²) in [6, 6.07) is 8.13. The lowest BCUT2D eigenvalue weighted by atomic mass is 10.0. The molecule has 2 aromatic carbocycles. The second-order valence-corrected chi connectivity index (χ2v) is 9.74. The zero-order valence-electron chi connectivity index (χ0n) is 22.1. The van der Waals surface area contributed by atoms with Crippen molar-refractivity contribution in [3.63, 3.8) is 0 Å². The minimum atomic E-state index is -5.01. The minimum absolute atomic E-state index is 0.121. The topological polar surface area (TPSA) is 75.6 Å². The maximum absolute atomic E-state index is 13.8. The summed E-state index contributed by atoms with van der Waals surface area (Å²) in [4.78, 5) is 21.4. The van der Waals surface area contributed by atoms with E-state index in [4.69, 9.17) is 4.74 Å². The molecular weight excluding hydrogens is 540 g/mol. The van der Waals surface area contributed by atoms with E-state index in [0.29, 0.717) is 24.7 Å². The molecule has 1 heterocycles. The van der Waals surface area contributed by atoms with E-state index < -0.39 is 35.0 Å². The summed E-state index contributed by atoms with van der Waals surface area (Å²) in [5, 5.41) is 9.24. The highest BCUT2D eigenvalue weighted by Crippen LogP contribution is 2.38. The smallest absolute Gasteiger partial charge is 0.416 e. The molecule has 0 radical (unpaired) electrons. The van der Waals surface area contributed by atoms with Crippen molar-refractivity contribution in [2.45, 2.75) is 64.5 Å². The molecule has 216 valence electrons. The lowest BCUT2D eigenvalue weighted by molar-refractivity contribution is -0.152. The normalized spacial score (nSPS) is 12.3. The van der Waals surface area contributed by atoms with Gasteiger partial charge in [0.25, 0.3) is 0 Å². The van der Waals surface area contributed by atoms with Crippen molar-refractivity contribution in [2.75, 3.05) is 11.4 Å². The molecule has 0 spiro atoms. The SMILES string of the molecule is CCCc1cnc(N(CCc2ccc(OC(C)(C)C(=O)O)cc2)Cc2ccc(C(F)(F)F)cc2C(F)(F)F)nc1. The predicted molar refractivity (Wildman–Crippen MR) is 136 cm³/mol. The summed E-state index contributed by atoms with van der Waals surface area (Å²) in [6.07, 6.45) is -4.90. The Morgan fingerprint density at radius 1 is 0.900 bits per heavy atom. The molecule has 40 heavy (non-hydrogen) atoms. The maximum Gasteiger partial charge on any atom is 0.416 e. The number of anilines is 1. The van der Waals surface area contributed by atoms with Crippen LogP contribution in [0.2, 0.25) is 0 Å². The van der Waals surface area contributed by atoms with Gasteiger partial charge >= 0.3 is 18.3 Å². The highest BCUT2D eigenvalue weighted by Gasteiger charge is 2.38. The van der Waals surface area contributed by atoms with E-state index in [-0.39, 0.29) is 30.7 Å². The average Bonchev–Trinajstić information content (AvgIpc) is 2.86. The Morgan fingerprint density at radius 3 is 2.05 bits per heavy atom. The third-order valence-electron chi connectivity index (χ3n) is 6.10. The summed E-state index contributed by atoms with van der Waals surface area (Å²) in [5.41, 5.74) is -2.95. The Bertz CT molecular complexity index is 1290. The van der Waals surface area contributed by atoms with Crippen LogP contribution in [0.3, 0.4) is 0 Å². The van der Waals surface area contributed by atoms with Gasteiger partial charge in [-0.25, -0.2) is 14.8 Å². The van der Waals surface area contributed by atoms with Gasteiger partial charge in [0.15, 0.2) is 5.60 Å². The van der Waals surface area contributed by atoms with Crippen molar-refractivity contribution < 1.29 is 41.0 Å². The molecule has 3 rings (SSSR count). The Labute approximate surface area is 227 Å². The van der Waals surface area contributed by atoms with Crippen molar-refractivity contribution in [1.29, 1.82) is 0 Å². The van der Waals surface area contributed by atoms with Gasteiger partial charge in [-0.1, -0.05) is 31.5 Å². The molecule has 1 N–H and O–H groups in total. The fourth-order valence-corrected chi connectivity index (χ4v) is 3.87. The molecule has 0 saturated heterocycles. The second kappa shape index (κ2) is 12.1. The average molecular weight is 570 g/mol. The van der Waals surface area contributed by atoms with Crippen LogP contribution in [0.1, 0.15) is 55.0 Å². The number of aryl methyl sites for hydroxylation is 1. The monoisotopic (exact) mass is 569 g/mol. The Balaban J connectivity index is 1.89. The second-order valence-electron chi connectivity index (χ2n) is 9.74. The Kier molecular flexibility index (Phi) is 9.32. The summed E-state index contributed by atoms with van der Waals surface area (Å²) < 4.78 is 86.3. The number of benzene rings is 2. The number of halogens is 6. The summed E-state index contributed by atoms with van der Waals surface area (Å²) in [6.45, 7) is 4.55. The zero-order valence-corrected chi connectivity index (χ0v) is 22.1. The van der Waals surface area contributed by atoms with Gasteiger partial charge in [0.05, 0.1) is 11.1 Å². The molecule has 12 heteroatoms. The highest BCUT2D eigenvalue weighted by molar-refractivity contribution is 5.76. The van der Waals surface area contributed by atoms with Gasteiger partial charge in [0.1, 0.15) is 5.75 Å². The summed E-state index contributed by atoms with van der Waals surface area (Å²) in [7, 11) is 0. The number of carboxylic acid groups (broad SMARTS) is 1. The van der Waals surface area contributed by atoms with E-state index in [1.807, 2.05) is 6.92 Å². The van der Waals surface area contributed by atoms with Crippen LogP contribution in [-0.4, -0.2) is 33.2 Å². The molecule has 0 aliphatic carbocycles. The molecule has 6 nitrogen and oxygen atoms in total. The fourth-order valence-electron chi connectivity index (χ4n) is 3.87. The van der Waals surface area contributed by atoms with Crippen molar-refractivity contribution in [2.24, 2.45) is 0 Å². The molecule has 0 aliphatic heterocycles. The standard InChI is InChI=1S/C28H29F6N3O3/c1-4-5-19-15-35-25(36-16-19)37(13-12-18-6-10-22(11-7-18)40-26(2,3)24(38)39)17-20-8-9-21(27(29,30)31)14-23(20)28(32,33)34/h6-11,14-16H,4-5,12-13,17H2,1-3H3,(H,38,39). The number of alkyl halides is 6. The molecule has 0 saturated carbocycles. The number of hydrogen-bond acceptors (Lipinski definition) is 5. The zero-order chi connectivity index (χ0) is 29.7. The van der Waals surface area contributed by atoms with Crippen LogP contribution >= 0.6 is 0 Å². The number of hydrogen-bond donors (Lipinski definition) is 1. The summed E-state index contributed by atoms with van der Waals surface area (Å²) in [5.74, 6) is -0.683. The number of ether oxygens (including phenoxy) is 1. The lowest BCUT2D eigenvalue weighted by Gasteiger charge is -2.25. The van der Waals surface area contributed by atoms with Crippen molar-refractivity contribution >= 4 is 11.9 Å². The van der Waals surface area contributed by atoms with Gasteiger partial charge in [-0.05, 0) is 67.6 Å². The third-order valence-corrected chi connectivity index (χ3v) is 6.10. The molecule has 0 bridgehead atoms. The van der Waals surface area contributed by atoms with Crippen LogP contribution < -0.4 is 9.64 Å². The number of aliphatic carboxylic acids is 1. The van der Waals surface area contributed by atoms with Gasteiger partial charge in [-0.2, -0.15) is 26.3 Å². The fraction of sp³-hybridized carbons (Fsp3) is 0.393. The van der Waals surface area contributed by atoms with Crippen LogP contribution in [0.15, 0.2) is 54.9 Å². The van der Waals surface area contributed by atoms with Crippen LogP contribution in [0.25, 0.3) is 0 Å². The molecular formula is C28H29F6N3O3. The van der Waals surface area contributed by atoms with Crippen molar-refractivity contribution in [3.05, 3.63) is 82.7 Å². The Hall–Kier alpha value is -3.83. The van der Waals surface area contributed by atoms with E-state index in [1.54, 1.807) is 36.7 Å². The van der Waals surface area contributed by atoms with Crippen LogP contribution in [0, 0.1) is 0 Å². The number of carbonyl (C=O) groups is 1. The predicted octanol–water partition coefficient (Wildman–Crippen LogP) is 6.96. The summed E-state index contributed by atoms with van der Waals surface area (Å²) >= 11 is 0. The van der Waals surface area contributed by atoms with Gasteiger partial charge in [-0.3, -0.25) is 0 Å². The number of carboxylic acids is 1. The largest absolute Gasteiger partial charge is 0.478 e. The quantitative estimate of drug-likeness (QED) is 0.252. The lowest BCUT2D eigenvalue weighted by Crippen LogP contribution is -2.37. The highest BCUT2D eigenvalue weighted by atomic mass is 19.4.